The summed E-state index contributed by atoms with van der Waals surface area (Å²) in [4.78, 5) is 16.1. The van der Waals surface area contributed by atoms with Crippen molar-refractivity contribution in [3.63, 3.8) is 0 Å². The van der Waals surface area contributed by atoms with E-state index in [1.165, 1.54) is 17.0 Å². The molecule has 0 bridgehead atoms. The largest absolute Gasteiger partial charge is 0.505 e. The number of nitrogens with zero attached hydrogens (tertiary/aromatic N) is 2. The second-order valence-electron chi connectivity index (χ2n) is 5.61. The van der Waals surface area contributed by atoms with Gasteiger partial charge in [-0.1, -0.05) is 46.9 Å². The van der Waals surface area contributed by atoms with Crippen LogP contribution in [-0.4, -0.2) is 42.1 Å². The number of carbonyl (C=O) groups is 1. The van der Waals surface area contributed by atoms with E-state index in [0.29, 0.717) is 31.9 Å². The zero-order valence-corrected chi connectivity index (χ0v) is 15.2. The number of para-hydroxylation sites is 1. The normalized spacial score (nSPS) is 14.7. The molecule has 1 heterocycles. The third-order valence-corrected chi connectivity index (χ3v) is 5.20. The van der Waals surface area contributed by atoms with Gasteiger partial charge in [-0.2, -0.15) is 0 Å². The minimum absolute atomic E-state index is 0.0369. The standard InChI is InChI=1S/C17H14Cl3FN2O2/c18-10-9-11(19)16(24)14(15(10)20)17(25)23-7-5-22(6-8-23)13-4-2-1-3-12(13)21/h1-4,9,24H,5-8H2. The van der Waals surface area contributed by atoms with Crippen molar-refractivity contribution in [1.29, 1.82) is 0 Å². The summed E-state index contributed by atoms with van der Waals surface area (Å²) >= 11 is 17.9. The monoisotopic (exact) mass is 402 g/mol. The van der Waals surface area contributed by atoms with E-state index in [2.05, 4.69) is 0 Å². The maximum Gasteiger partial charge on any atom is 0.259 e. The molecule has 0 radical (unpaired) electrons. The molecular formula is C17H14Cl3FN2O2. The first kappa shape index (κ1) is 18.1. The number of hydrogen-bond acceptors (Lipinski definition) is 3. The molecule has 0 aromatic heterocycles. The average molecular weight is 404 g/mol. The van der Waals surface area contributed by atoms with E-state index < -0.39 is 11.7 Å². The Morgan fingerprint density at radius 1 is 1.04 bits per heavy atom. The Bertz CT molecular complexity index is 798. The lowest BCUT2D eigenvalue weighted by Gasteiger charge is -2.36. The highest BCUT2D eigenvalue weighted by Crippen LogP contribution is 2.39. The van der Waals surface area contributed by atoms with Gasteiger partial charge >= 0.3 is 0 Å². The summed E-state index contributed by atoms with van der Waals surface area (Å²) in [5.74, 6) is -1.15. The first-order valence-corrected chi connectivity index (χ1v) is 8.68. The van der Waals surface area contributed by atoms with Gasteiger partial charge in [-0.3, -0.25) is 4.79 Å². The number of amides is 1. The molecule has 1 fully saturated rings. The van der Waals surface area contributed by atoms with Gasteiger partial charge in [0, 0.05) is 26.2 Å². The molecule has 8 heteroatoms. The van der Waals surface area contributed by atoms with Crippen LogP contribution in [0.15, 0.2) is 30.3 Å². The molecule has 25 heavy (non-hydrogen) atoms. The van der Waals surface area contributed by atoms with Gasteiger partial charge in [0.25, 0.3) is 5.91 Å². The highest BCUT2D eigenvalue weighted by Gasteiger charge is 2.28. The summed E-state index contributed by atoms with van der Waals surface area (Å²) in [5.41, 5.74) is 0.389. The van der Waals surface area contributed by atoms with Crippen LogP contribution in [0.3, 0.4) is 0 Å². The summed E-state index contributed by atoms with van der Waals surface area (Å²) in [6.45, 7) is 1.62. The fourth-order valence-electron chi connectivity index (χ4n) is 2.80. The summed E-state index contributed by atoms with van der Waals surface area (Å²) < 4.78 is 13.9. The van der Waals surface area contributed by atoms with E-state index in [1.807, 2.05) is 4.90 Å². The van der Waals surface area contributed by atoms with Crippen LogP contribution in [-0.2, 0) is 0 Å². The molecule has 0 spiro atoms. The molecule has 2 aromatic carbocycles. The number of hydrogen-bond donors (Lipinski definition) is 1. The van der Waals surface area contributed by atoms with E-state index in [0.717, 1.165) is 0 Å². The average Bonchev–Trinajstić information content (AvgIpc) is 2.61. The van der Waals surface area contributed by atoms with Crippen molar-refractivity contribution >= 4 is 46.4 Å². The van der Waals surface area contributed by atoms with Gasteiger partial charge in [-0.05, 0) is 18.2 Å². The van der Waals surface area contributed by atoms with E-state index in [-0.39, 0.29) is 26.4 Å². The number of benzene rings is 2. The third kappa shape index (κ3) is 3.50. The Morgan fingerprint density at radius 2 is 1.68 bits per heavy atom. The number of phenols is 1. The van der Waals surface area contributed by atoms with E-state index >= 15 is 0 Å². The lowest BCUT2D eigenvalue weighted by atomic mass is 10.1. The second-order valence-corrected chi connectivity index (χ2v) is 6.80. The molecule has 1 aliphatic rings. The summed E-state index contributed by atoms with van der Waals surface area (Å²) in [6.07, 6.45) is 0. The van der Waals surface area contributed by atoms with Gasteiger partial charge < -0.3 is 14.9 Å². The van der Waals surface area contributed by atoms with Crippen molar-refractivity contribution in [2.24, 2.45) is 0 Å². The van der Waals surface area contributed by atoms with Gasteiger partial charge in [0.05, 0.1) is 20.8 Å². The Kier molecular flexibility index (Phi) is 5.27. The maximum atomic E-state index is 13.9. The van der Waals surface area contributed by atoms with Crippen LogP contribution in [0.1, 0.15) is 10.4 Å². The number of anilines is 1. The molecule has 0 atom stereocenters. The molecule has 1 N–H and O–H groups in total. The minimum Gasteiger partial charge on any atom is -0.505 e. The Morgan fingerprint density at radius 3 is 2.32 bits per heavy atom. The van der Waals surface area contributed by atoms with Crippen molar-refractivity contribution in [3.8, 4) is 5.75 Å². The molecule has 1 amide bonds. The molecule has 1 aliphatic heterocycles. The molecule has 1 saturated heterocycles. The topological polar surface area (TPSA) is 43.8 Å². The lowest BCUT2D eigenvalue weighted by molar-refractivity contribution is 0.0744. The highest BCUT2D eigenvalue weighted by atomic mass is 35.5. The van der Waals surface area contributed by atoms with Gasteiger partial charge in [-0.25, -0.2) is 4.39 Å². The summed E-state index contributed by atoms with van der Waals surface area (Å²) in [7, 11) is 0. The van der Waals surface area contributed by atoms with Crippen LogP contribution in [0.25, 0.3) is 0 Å². The Hall–Kier alpha value is -1.69. The maximum absolute atomic E-state index is 13.9. The van der Waals surface area contributed by atoms with Gasteiger partial charge in [0.1, 0.15) is 17.1 Å². The van der Waals surface area contributed by atoms with Gasteiger partial charge in [0.2, 0.25) is 0 Å². The molecule has 0 unspecified atom stereocenters. The quantitative estimate of drug-likeness (QED) is 0.753. The van der Waals surface area contributed by atoms with Crippen molar-refractivity contribution in [2.45, 2.75) is 0 Å². The third-order valence-electron chi connectivity index (χ3n) is 4.12. The number of carbonyl (C=O) groups excluding carboxylic acids is 1. The Balaban J connectivity index is 1.78. The number of piperazine rings is 1. The highest BCUT2D eigenvalue weighted by molar-refractivity contribution is 6.45. The summed E-state index contributed by atoms with van der Waals surface area (Å²) in [5, 5.41) is 10.1. The number of halogens is 4. The summed E-state index contributed by atoms with van der Waals surface area (Å²) in [6, 6.07) is 7.78. The molecule has 2 aromatic rings. The van der Waals surface area contributed by atoms with Crippen LogP contribution in [0.4, 0.5) is 10.1 Å². The van der Waals surface area contributed by atoms with E-state index in [4.69, 9.17) is 34.8 Å². The number of rotatable bonds is 2. The van der Waals surface area contributed by atoms with Crippen LogP contribution in [0.5, 0.6) is 5.75 Å². The molecular weight excluding hydrogens is 390 g/mol. The van der Waals surface area contributed by atoms with Crippen molar-refractivity contribution in [2.75, 3.05) is 31.1 Å². The molecule has 0 aliphatic carbocycles. The fraction of sp³-hybridized carbons (Fsp3) is 0.235. The fourth-order valence-corrected chi connectivity index (χ4v) is 3.49. The van der Waals surface area contributed by atoms with E-state index in [9.17, 15) is 14.3 Å². The number of phenolic OH excluding ortho intramolecular Hbond substituents is 1. The molecule has 4 nitrogen and oxygen atoms in total. The smallest absolute Gasteiger partial charge is 0.259 e. The first-order valence-electron chi connectivity index (χ1n) is 7.55. The van der Waals surface area contributed by atoms with Crippen molar-refractivity contribution < 1.29 is 14.3 Å². The van der Waals surface area contributed by atoms with Crippen molar-refractivity contribution in [1.82, 2.24) is 4.90 Å². The molecule has 0 saturated carbocycles. The van der Waals surface area contributed by atoms with Crippen LogP contribution in [0, 0.1) is 5.82 Å². The predicted molar refractivity (Wildman–Crippen MR) is 97.7 cm³/mol. The SMILES string of the molecule is O=C(c1c(O)c(Cl)cc(Cl)c1Cl)N1CCN(c2ccccc2F)CC1. The van der Waals surface area contributed by atoms with Crippen LogP contribution < -0.4 is 4.90 Å². The molecule has 3 rings (SSSR count). The lowest BCUT2D eigenvalue weighted by Crippen LogP contribution is -2.49. The van der Waals surface area contributed by atoms with Gasteiger partial charge in [-0.15, -0.1) is 0 Å². The van der Waals surface area contributed by atoms with Crippen LogP contribution in [0.2, 0.25) is 15.1 Å². The molecule has 132 valence electrons. The predicted octanol–water partition coefficient (Wildman–Crippen LogP) is 4.45. The first-order chi connectivity index (χ1) is 11.9. The zero-order valence-electron chi connectivity index (χ0n) is 13.0. The number of aromatic hydroxyl groups is 1. The minimum atomic E-state index is -0.458. The van der Waals surface area contributed by atoms with Crippen LogP contribution >= 0.6 is 34.8 Å². The van der Waals surface area contributed by atoms with Crippen molar-refractivity contribution in [3.05, 3.63) is 56.8 Å². The van der Waals surface area contributed by atoms with Gasteiger partial charge in [0.15, 0.2) is 0 Å². The second kappa shape index (κ2) is 7.28. The van der Waals surface area contributed by atoms with E-state index in [1.54, 1.807) is 18.2 Å². The Labute approximate surface area is 159 Å². The zero-order chi connectivity index (χ0) is 18.1.